The van der Waals surface area contributed by atoms with Crippen LogP contribution in [-0.2, 0) is 9.53 Å². The number of carbonyl (C=O) groups is 1. The molecule has 1 aliphatic carbocycles. The fourth-order valence-electron chi connectivity index (χ4n) is 3.18. The van der Waals surface area contributed by atoms with E-state index in [1.807, 2.05) is 6.08 Å². The molecule has 1 fully saturated rings. The van der Waals surface area contributed by atoms with Gasteiger partial charge in [-0.3, -0.25) is 4.79 Å². The Kier molecular flexibility index (Phi) is 9.51. The standard InChI is InChI=1S/C21H35NO2/c1-6-8-18-10-12-19(13-11-18)21(23)22-20(15-16(3)7-2)14-9-17(4)24-5/h9,14-16,18-19H,4,6-8,10-13H2,1-3,5H3,(H,22,23)/b14-9-,20-15+. The summed E-state index contributed by atoms with van der Waals surface area (Å²) in [5, 5.41) is 3.12. The van der Waals surface area contributed by atoms with E-state index in [0.717, 1.165) is 30.9 Å². The Hall–Kier alpha value is -1.51. The molecule has 0 aliphatic heterocycles. The smallest absolute Gasteiger partial charge is 0.227 e. The first-order chi connectivity index (χ1) is 11.5. The highest BCUT2D eigenvalue weighted by Gasteiger charge is 2.26. The highest BCUT2D eigenvalue weighted by Crippen LogP contribution is 2.31. The number of ether oxygens (including phenoxy) is 1. The minimum absolute atomic E-state index is 0.150. The minimum atomic E-state index is 0.150. The summed E-state index contributed by atoms with van der Waals surface area (Å²) in [4.78, 5) is 12.6. The molecule has 3 nitrogen and oxygen atoms in total. The van der Waals surface area contributed by atoms with Crippen molar-refractivity contribution < 1.29 is 9.53 Å². The highest BCUT2D eigenvalue weighted by molar-refractivity contribution is 5.81. The lowest BCUT2D eigenvalue weighted by atomic mass is 9.79. The SMILES string of the molecule is C=C(/C=C\C(=C/C(C)CC)NC(=O)C1CCC(CCC)CC1)OC. The fraction of sp³-hybridized carbons (Fsp3) is 0.667. The third-order valence-electron chi connectivity index (χ3n) is 5.00. The molecule has 0 radical (unpaired) electrons. The van der Waals surface area contributed by atoms with Crippen molar-refractivity contribution >= 4 is 5.91 Å². The van der Waals surface area contributed by atoms with Crippen molar-refractivity contribution in [2.75, 3.05) is 7.11 Å². The maximum atomic E-state index is 12.6. The van der Waals surface area contributed by atoms with Crippen LogP contribution in [0.5, 0.6) is 0 Å². The van der Waals surface area contributed by atoms with Crippen molar-refractivity contribution in [1.82, 2.24) is 5.32 Å². The Morgan fingerprint density at radius 2 is 1.92 bits per heavy atom. The van der Waals surface area contributed by atoms with Crippen molar-refractivity contribution in [2.24, 2.45) is 17.8 Å². The van der Waals surface area contributed by atoms with Gasteiger partial charge in [-0.15, -0.1) is 0 Å². The third-order valence-corrected chi connectivity index (χ3v) is 5.00. The number of hydrogen-bond acceptors (Lipinski definition) is 2. The van der Waals surface area contributed by atoms with Crippen molar-refractivity contribution in [3.05, 3.63) is 36.3 Å². The normalized spacial score (nSPS) is 23.1. The molecule has 0 heterocycles. The van der Waals surface area contributed by atoms with Gasteiger partial charge in [-0.05, 0) is 49.7 Å². The van der Waals surface area contributed by atoms with E-state index in [1.165, 1.54) is 25.7 Å². The Balaban J connectivity index is 2.65. The number of methoxy groups -OCH3 is 1. The quantitative estimate of drug-likeness (QED) is 0.456. The van der Waals surface area contributed by atoms with Gasteiger partial charge in [0.1, 0.15) is 5.76 Å². The first kappa shape index (κ1) is 20.5. The molecule has 1 rings (SSSR count). The summed E-state index contributed by atoms with van der Waals surface area (Å²) in [7, 11) is 1.60. The number of carbonyl (C=O) groups excluding carboxylic acids is 1. The van der Waals surface area contributed by atoms with E-state index in [1.54, 1.807) is 13.2 Å². The first-order valence-electron chi connectivity index (χ1n) is 9.43. The van der Waals surface area contributed by atoms with Gasteiger partial charge in [0.05, 0.1) is 7.11 Å². The van der Waals surface area contributed by atoms with Crippen LogP contribution in [0.25, 0.3) is 0 Å². The van der Waals surface area contributed by atoms with Gasteiger partial charge in [-0.25, -0.2) is 0 Å². The maximum absolute atomic E-state index is 12.6. The molecule has 3 heteroatoms. The summed E-state index contributed by atoms with van der Waals surface area (Å²) in [6, 6.07) is 0. The lowest BCUT2D eigenvalue weighted by Gasteiger charge is -2.27. The molecule has 0 aromatic carbocycles. The number of hydrogen-bond donors (Lipinski definition) is 1. The molecule has 1 amide bonds. The summed E-state index contributed by atoms with van der Waals surface area (Å²) >= 11 is 0. The van der Waals surface area contributed by atoms with Crippen LogP contribution >= 0.6 is 0 Å². The topological polar surface area (TPSA) is 38.3 Å². The molecule has 0 spiro atoms. The number of nitrogens with one attached hydrogen (secondary N) is 1. The molecule has 0 saturated heterocycles. The Bertz CT molecular complexity index is 456. The second-order valence-electron chi connectivity index (χ2n) is 7.01. The molecule has 0 aromatic rings. The van der Waals surface area contributed by atoms with Gasteiger partial charge in [0, 0.05) is 11.6 Å². The lowest BCUT2D eigenvalue weighted by Crippen LogP contribution is -2.32. The summed E-state index contributed by atoms with van der Waals surface area (Å²) in [5.41, 5.74) is 0.850. The number of amides is 1. The maximum Gasteiger partial charge on any atom is 0.227 e. The molecule has 1 atom stereocenters. The van der Waals surface area contributed by atoms with Gasteiger partial charge in [-0.2, -0.15) is 0 Å². The predicted molar refractivity (Wildman–Crippen MR) is 101 cm³/mol. The number of allylic oxidation sites excluding steroid dienone is 3. The van der Waals surface area contributed by atoms with Crippen LogP contribution in [-0.4, -0.2) is 13.0 Å². The lowest BCUT2D eigenvalue weighted by molar-refractivity contribution is -0.125. The average Bonchev–Trinajstić information content (AvgIpc) is 2.59. The van der Waals surface area contributed by atoms with E-state index < -0.39 is 0 Å². The Morgan fingerprint density at radius 1 is 1.25 bits per heavy atom. The van der Waals surface area contributed by atoms with E-state index in [2.05, 4.69) is 38.7 Å². The Morgan fingerprint density at radius 3 is 2.46 bits per heavy atom. The van der Waals surface area contributed by atoms with Crippen molar-refractivity contribution in [2.45, 2.75) is 65.7 Å². The molecule has 1 N–H and O–H groups in total. The van der Waals surface area contributed by atoms with Crippen LogP contribution in [0, 0.1) is 17.8 Å². The summed E-state index contributed by atoms with van der Waals surface area (Å²) in [5.74, 6) is 2.13. The van der Waals surface area contributed by atoms with E-state index in [4.69, 9.17) is 4.74 Å². The van der Waals surface area contributed by atoms with Gasteiger partial charge in [0.15, 0.2) is 0 Å². The minimum Gasteiger partial charge on any atom is -0.497 e. The number of rotatable bonds is 9. The van der Waals surface area contributed by atoms with E-state index >= 15 is 0 Å². The average molecular weight is 334 g/mol. The fourth-order valence-corrected chi connectivity index (χ4v) is 3.18. The molecular weight excluding hydrogens is 298 g/mol. The Labute approximate surface area is 148 Å². The van der Waals surface area contributed by atoms with Crippen molar-refractivity contribution in [1.29, 1.82) is 0 Å². The monoisotopic (exact) mass is 333 g/mol. The van der Waals surface area contributed by atoms with Gasteiger partial charge in [0.2, 0.25) is 5.91 Å². The largest absolute Gasteiger partial charge is 0.497 e. The van der Waals surface area contributed by atoms with E-state index in [-0.39, 0.29) is 11.8 Å². The molecular formula is C21H35NO2. The molecule has 0 bridgehead atoms. The van der Waals surface area contributed by atoms with Crippen LogP contribution in [0.15, 0.2) is 36.3 Å². The second-order valence-corrected chi connectivity index (χ2v) is 7.01. The molecule has 24 heavy (non-hydrogen) atoms. The summed E-state index contributed by atoms with van der Waals surface area (Å²) < 4.78 is 5.07. The zero-order valence-electron chi connectivity index (χ0n) is 15.9. The third kappa shape index (κ3) is 7.37. The van der Waals surface area contributed by atoms with Gasteiger partial charge in [-0.1, -0.05) is 52.7 Å². The van der Waals surface area contributed by atoms with E-state index in [0.29, 0.717) is 11.7 Å². The molecule has 1 saturated carbocycles. The van der Waals surface area contributed by atoms with Crippen LogP contribution in [0.1, 0.15) is 65.7 Å². The van der Waals surface area contributed by atoms with Gasteiger partial charge >= 0.3 is 0 Å². The van der Waals surface area contributed by atoms with Crippen LogP contribution in [0.4, 0.5) is 0 Å². The van der Waals surface area contributed by atoms with Crippen LogP contribution in [0.2, 0.25) is 0 Å². The highest BCUT2D eigenvalue weighted by atomic mass is 16.5. The van der Waals surface area contributed by atoms with Gasteiger partial charge in [0.25, 0.3) is 0 Å². The van der Waals surface area contributed by atoms with Crippen molar-refractivity contribution in [3.63, 3.8) is 0 Å². The van der Waals surface area contributed by atoms with Crippen LogP contribution in [0.3, 0.4) is 0 Å². The van der Waals surface area contributed by atoms with Crippen LogP contribution < -0.4 is 5.32 Å². The molecule has 1 unspecified atom stereocenters. The zero-order chi connectivity index (χ0) is 17.9. The second kappa shape index (κ2) is 11.1. The van der Waals surface area contributed by atoms with E-state index in [9.17, 15) is 4.79 Å². The van der Waals surface area contributed by atoms with Gasteiger partial charge < -0.3 is 10.1 Å². The first-order valence-corrected chi connectivity index (χ1v) is 9.43. The van der Waals surface area contributed by atoms with Crippen molar-refractivity contribution in [3.8, 4) is 0 Å². The zero-order valence-corrected chi connectivity index (χ0v) is 15.9. The molecule has 0 aromatic heterocycles. The molecule has 136 valence electrons. The summed E-state index contributed by atoms with van der Waals surface area (Å²) in [6.45, 7) is 10.3. The summed E-state index contributed by atoms with van der Waals surface area (Å²) in [6.07, 6.45) is 13.8. The molecule has 1 aliphatic rings. The predicted octanol–water partition coefficient (Wildman–Crippen LogP) is 5.36.